The van der Waals surface area contributed by atoms with Crippen molar-refractivity contribution in [1.82, 2.24) is 0 Å². The van der Waals surface area contributed by atoms with Gasteiger partial charge in [0.1, 0.15) is 6.61 Å². The highest BCUT2D eigenvalue weighted by Crippen LogP contribution is 2.59. The Hall–Kier alpha value is -1.74. The number of halogens is 13. The van der Waals surface area contributed by atoms with Crippen LogP contribution in [0.1, 0.15) is 26.7 Å². The zero-order chi connectivity index (χ0) is 26.0. The maximum Gasteiger partial charge on any atom is 0.438 e. The zero-order valence-electron chi connectivity index (χ0n) is 16.3. The molecule has 190 valence electrons. The van der Waals surface area contributed by atoms with Crippen molar-refractivity contribution in [1.29, 1.82) is 0 Å². The number of esters is 1. The van der Waals surface area contributed by atoms with Gasteiger partial charge in [0.15, 0.2) is 0 Å². The second-order valence-electron chi connectivity index (χ2n) is 6.83. The third-order valence-electron chi connectivity index (χ3n) is 3.80. The first-order valence-electron chi connectivity index (χ1n) is 8.31. The van der Waals surface area contributed by atoms with Gasteiger partial charge in [-0.25, -0.2) is 18.0 Å². The molecule has 1 atom stereocenters. The monoisotopic (exact) mass is 504 g/mol. The van der Waals surface area contributed by atoms with Crippen LogP contribution in [0.25, 0.3) is 0 Å². The van der Waals surface area contributed by atoms with Gasteiger partial charge in [0.2, 0.25) is 5.92 Å². The van der Waals surface area contributed by atoms with E-state index in [4.69, 9.17) is 0 Å². The van der Waals surface area contributed by atoms with Crippen LogP contribution in [0.15, 0.2) is 12.2 Å². The van der Waals surface area contributed by atoms with Crippen LogP contribution in [0.3, 0.4) is 0 Å². The molecule has 0 rings (SSSR count). The second-order valence-corrected chi connectivity index (χ2v) is 6.83. The van der Waals surface area contributed by atoms with Crippen LogP contribution in [0.5, 0.6) is 0 Å². The third kappa shape index (κ3) is 6.88. The summed E-state index contributed by atoms with van der Waals surface area (Å²) in [6.45, 7) is 1.69. The van der Waals surface area contributed by atoms with Gasteiger partial charge in [-0.2, -0.15) is 43.9 Å². The van der Waals surface area contributed by atoms with Crippen molar-refractivity contribution in [3.05, 3.63) is 12.2 Å². The largest absolute Gasteiger partial charge is 0.460 e. The molecule has 0 aliphatic heterocycles. The molecule has 0 N–H and O–H groups in total. The highest BCUT2D eigenvalue weighted by Gasteiger charge is 2.89. The Morgan fingerprint density at radius 2 is 1.31 bits per heavy atom. The first-order valence-corrected chi connectivity index (χ1v) is 8.31. The summed E-state index contributed by atoms with van der Waals surface area (Å²) in [6, 6.07) is 0. The SMILES string of the molecule is C=C(C)C(=O)OCC(CC(F)(F)C(F)(F)C(F)(C(F)(F)F)C(F)(F)F)OCCC(C)(F)F. The van der Waals surface area contributed by atoms with Crippen molar-refractivity contribution in [2.75, 3.05) is 13.2 Å². The van der Waals surface area contributed by atoms with Gasteiger partial charge in [0.25, 0.3) is 0 Å². The molecule has 0 saturated heterocycles. The molecule has 0 spiro atoms. The molecule has 0 radical (unpaired) electrons. The minimum absolute atomic E-state index is 0.319. The summed E-state index contributed by atoms with van der Waals surface area (Å²) in [5.41, 5.74) is -8.07. The Balaban J connectivity index is 5.98. The normalized spacial score (nSPS) is 15.5. The fourth-order valence-electron chi connectivity index (χ4n) is 2.05. The minimum Gasteiger partial charge on any atom is -0.460 e. The van der Waals surface area contributed by atoms with E-state index in [0.29, 0.717) is 6.92 Å². The fraction of sp³-hybridized carbons (Fsp3) is 0.812. The number of ether oxygens (including phenoxy) is 2. The molecule has 0 aliphatic rings. The molecule has 3 nitrogen and oxygen atoms in total. The van der Waals surface area contributed by atoms with Crippen LogP contribution < -0.4 is 0 Å². The lowest BCUT2D eigenvalue weighted by atomic mass is 9.88. The quantitative estimate of drug-likeness (QED) is 0.196. The lowest BCUT2D eigenvalue weighted by molar-refractivity contribution is -0.428. The smallest absolute Gasteiger partial charge is 0.438 e. The lowest BCUT2D eigenvalue weighted by Gasteiger charge is -2.40. The van der Waals surface area contributed by atoms with E-state index < -0.39 is 79.5 Å². The molecule has 0 aromatic heterocycles. The van der Waals surface area contributed by atoms with E-state index in [0.717, 1.165) is 6.92 Å². The van der Waals surface area contributed by atoms with Crippen LogP contribution in [0.4, 0.5) is 57.1 Å². The fourth-order valence-corrected chi connectivity index (χ4v) is 2.05. The number of rotatable bonds is 11. The first-order chi connectivity index (χ1) is 13.9. The predicted octanol–water partition coefficient (Wildman–Crippen LogP) is 6.03. The van der Waals surface area contributed by atoms with Crippen molar-refractivity contribution in [3.63, 3.8) is 0 Å². The van der Waals surface area contributed by atoms with Crippen molar-refractivity contribution in [2.45, 2.75) is 68.6 Å². The van der Waals surface area contributed by atoms with Gasteiger partial charge in [-0.15, -0.1) is 0 Å². The minimum atomic E-state index is -7.67. The highest BCUT2D eigenvalue weighted by molar-refractivity contribution is 5.86. The standard InChI is InChI=1S/C16H17F13O3/c1-8(2)10(30)32-7-9(31-5-4-11(3,17)18)6-12(19,20)14(22,23)13(21,15(24,25)26)16(27,28)29/h9H,1,4-7H2,2-3H3. The van der Waals surface area contributed by atoms with E-state index in [1.807, 2.05) is 0 Å². The van der Waals surface area contributed by atoms with Gasteiger partial charge in [0.05, 0.1) is 12.7 Å². The third-order valence-corrected chi connectivity index (χ3v) is 3.80. The van der Waals surface area contributed by atoms with Gasteiger partial charge < -0.3 is 9.47 Å². The number of hydrogen-bond donors (Lipinski definition) is 0. The Kier molecular flexibility index (Phi) is 9.11. The second kappa shape index (κ2) is 9.63. The summed E-state index contributed by atoms with van der Waals surface area (Å²) in [6.07, 6.45) is -21.7. The topological polar surface area (TPSA) is 35.5 Å². The number of hydrogen-bond acceptors (Lipinski definition) is 3. The summed E-state index contributed by atoms with van der Waals surface area (Å²) in [5.74, 6) is -18.7. The summed E-state index contributed by atoms with van der Waals surface area (Å²) in [5, 5.41) is 0. The van der Waals surface area contributed by atoms with E-state index in [2.05, 4.69) is 16.1 Å². The average molecular weight is 504 g/mol. The van der Waals surface area contributed by atoms with E-state index in [9.17, 15) is 61.9 Å². The van der Waals surface area contributed by atoms with Crippen molar-refractivity contribution < 1.29 is 71.3 Å². The highest BCUT2D eigenvalue weighted by atomic mass is 19.4. The predicted molar refractivity (Wildman–Crippen MR) is 81.2 cm³/mol. The summed E-state index contributed by atoms with van der Waals surface area (Å²) in [7, 11) is 0. The van der Waals surface area contributed by atoms with Crippen LogP contribution in [-0.2, 0) is 14.3 Å². The number of carbonyl (C=O) groups is 1. The number of carbonyl (C=O) groups excluding carboxylic acids is 1. The summed E-state index contributed by atoms with van der Waals surface area (Å²) < 4.78 is 179. The molecule has 0 aromatic rings. The van der Waals surface area contributed by atoms with Crippen LogP contribution >= 0.6 is 0 Å². The van der Waals surface area contributed by atoms with Crippen molar-refractivity contribution in [2.24, 2.45) is 0 Å². The molecule has 0 fully saturated rings. The molecule has 32 heavy (non-hydrogen) atoms. The van der Waals surface area contributed by atoms with Crippen LogP contribution in [0, 0.1) is 0 Å². The molecule has 16 heteroatoms. The molecule has 0 saturated carbocycles. The molecule has 0 aliphatic carbocycles. The molecule has 0 heterocycles. The first kappa shape index (κ1) is 30.3. The van der Waals surface area contributed by atoms with E-state index in [-0.39, 0.29) is 0 Å². The Bertz CT molecular complexity index is 648. The molecule has 0 amide bonds. The maximum atomic E-state index is 14.0. The van der Waals surface area contributed by atoms with E-state index in [1.165, 1.54) is 0 Å². The van der Waals surface area contributed by atoms with Gasteiger partial charge in [0, 0.05) is 18.4 Å². The molecular formula is C16H17F13O3. The van der Waals surface area contributed by atoms with Gasteiger partial charge in [-0.05, 0) is 13.8 Å². The molecule has 0 aromatic carbocycles. The van der Waals surface area contributed by atoms with Crippen LogP contribution in [0.2, 0.25) is 0 Å². The maximum absolute atomic E-state index is 14.0. The molecule has 1 unspecified atom stereocenters. The Morgan fingerprint density at radius 3 is 1.66 bits per heavy atom. The van der Waals surface area contributed by atoms with Crippen molar-refractivity contribution >= 4 is 5.97 Å². The van der Waals surface area contributed by atoms with Crippen molar-refractivity contribution in [3.8, 4) is 0 Å². The lowest BCUT2D eigenvalue weighted by Crippen LogP contribution is -2.70. The van der Waals surface area contributed by atoms with Gasteiger partial charge in [-0.3, -0.25) is 0 Å². The number of alkyl halides is 13. The summed E-state index contributed by atoms with van der Waals surface area (Å²) >= 11 is 0. The molecule has 0 bridgehead atoms. The average Bonchev–Trinajstić information content (AvgIpc) is 2.54. The van der Waals surface area contributed by atoms with Gasteiger partial charge in [-0.1, -0.05) is 6.58 Å². The Labute approximate surface area is 172 Å². The molecular weight excluding hydrogens is 487 g/mol. The van der Waals surface area contributed by atoms with Crippen LogP contribution in [-0.4, -0.2) is 61.1 Å². The Morgan fingerprint density at radius 1 is 0.875 bits per heavy atom. The summed E-state index contributed by atoms with van der Waals surface area (Å²) in [4.78, 5) is 11.3. The zero-order valence-corrected chi connectivity index (χ0v) is 16.3. The van der Waals surface area contributed by atoms with Gasteiger partial charge >= 0.3 is 35.8 Å². The van der Waals surface area contributed by atoms with E-state index >= 15 is 0 Å². The van der Waals surface area contributed by atoms with E-state index in [1.54, 1.807) is 0 Å².